The van der Waals surface area contributed by atoms with Crippen LogP contribution in [-0.2, 0) is 4.79 Å². The Kier molecular flexibility index (Phi) is 1.98. The molecule has 14 heavy (non-hydrogen) atoms. The maximum Gasteiger partial charge on any atom is 0.221 e. The summed E-state index contributed by atoms with van der Waals surface area (Å²) in [5, 5.41) is 0. The number of aryl methyl sites for hydroxylation is 2. The van der Waals surface area contributed by atoms with Gasteiger partial charge in [-0.15, -0.1) is 0 Å². The highest BCUT2D eigenvalue weighted by Gasteiger charge is 2.44. The van der Waals surface area contributed by atoms with Gasteiger partial charge in [-0.1, -0.05) is 0 Å². The molecule has 2 N–H and O–H groups in total. The lowest BCUT2D eigenvalue weighted by atomic mass is 10.2. The number of rotatable bonds is 2. The third kappa shape index (κ3) is 1.60. The van der Waals surface area contributed by atoms with Crippen LogP contribution in [0.1, 0.15) is 29.6 Å². The second-order valence-corrected chi connectivity index (χ2v) is 3.86. The number of nitrogens with two attached hydrogens (primary N) is 1. The zero-order valence-corrected chi connectivity index (χ0v) is 8.32. The highest BCUT2D eigenvalue weighted by Crippen LogP contribution is 2.45. The number of carbonyl (C=O) groups excluding carboxylic acids is 1. The second-order valence-electron chi connectivity index (χ2n) is 3.86. The third-order valence-corrected chi connectivity index (χ3v) is 2.49. The summed E-state index contributed by atoms with van der Waals surface area (Å²) in [7, 11) is 0. The summed E-state index contributed by atoms with van der Waals surface area (Å²) in [6.45, 7) is 3.86. The Morgan fingerprint density at radius 3 is 2.43 bits per heavy atom. The summed E-state index contributed by atoms with van der Waals surface area (Å²) >= 11 is 0. The molecule has 4 nitrogen and oxygen atoms in total. The summed E-state index contributed by atoms with van der Waals surface area (Å²) in [6, 6.07) is 1.92. The lowest BCUT2D eigenvalue weighted by Gasteiger charge is -2.01. The molecule has 1 fully saturated rings. The lowest BCUT2D eigenvalue weighted by Crippen LogP contribution is -2.14. The van der Waals surface area contributed by atoms with Gasteiger partial charge in [0.15, 0.2) is 0 Å². The SMILES string of the molecule is Cc1cc(C)nc([C@H]2C[C@@H]2C(N)=O)n1. The Labute approximate surface area is 82.6 Å². The minimum atomic E-state index is -0.238. The molecule has 1 amide bonds. The topological polar surface area (TPSA) is 68.9 Å². The molecule has 1 heterocycles. The minimum absolute atomic E-state index is 0.0452. The van der Waals surface area contributed by atoms with E-state index < -0.39 is 0 Å². The van der Waals surface area contributed by atoms with Crippen LogP contribution in [0.5, 0.6) is 0 Å². The van der Waals surface area contributed by atoms with Crippen LogP contribution in [-0.4, -0.2) is 15.9 Å². The van der Waals surface area contributed by atoms with Gasteiger partial charge < -0.3 is 5.73 Å². The van der Waals surface area contributed by atoms with Crippen molar-refractivity contribution in [1.29, 1.82) is 0 Å². The van der Waals surface area contributed by atoms with E-state index in [9.17, 15) is 4.79 Å². The third-order valence-electron chi connectivity index (χ3n) is 2.49. The van der Waals surface area contributed by atoms with Gasteiger partial charge >= 0.3 is 0 Å². The van der Waals surface area contributed by atoms with Gasteiger partial charge in [-0.05, 0) is 26.3 Å². The molecule has 0 spiro atoms. The molecule has 0 saturated heterocycles. The first kappa shape index (κ1) is 9.12. The van der Waals surface area contributed by atoms with Crippen molar-refractivity contribution in [3.05, 3.63) is 23.3 Å². The maximum atomic E-state index is 10.9. The van der Waals surface area contributed by atoms with E-state index in [1.807, 2.05) is 19.9 Å². The number of hydrogen-bond acceptors (Lipinski definition) is 3. The monoisotopic (exact) mass is 191 g/mol. The van der Waals surface area contributed by atoms with Crippen molar-refractivity contribution < 1.29 is 4.79 Å². The fourth-order valence-electron chi connectivity index (χ4n) is 1.71. The van der Waals surface area contributed by atoms with E-state index in [0.29, 0.717) is 0 Å². The van der Waals surface area contributed by atoms with Crippen LogP contribution in [0.2, 0.25) is 0 Å². The van der Waals surface area contributed by atoms with Crippen molar-refractivity contribution in [1.82, 2.24) is 9.97 Å². The van der Waals surface area contributed by atoms with Gasteiger partial charge in [0.1, 0.15) is 5.82 Å². The summed E-state index contributed by atoms with van der Waals surface area (Å²) < 4.78 is 0. The molecule has 2 rings (SSSR count). The Morgan fingerprint density at radius 1 is 1.43 bits per heavy atom. The van der Waals surface area contributed by atoms with E-state index in [1.165, 1.54) is 0 Å². The first-order valence-corrected chi connectivity index (χ1v) is 4.69. The molecule has 1 aliphatic carbocycles. The number of hydrogen-bond donors (Lipinski definition) is 1. The minimum Gasteiger partial charge on any atom is -0.369 e. The quantitative estimate of drug-likeness (QED) is 0.747. The first-order chi connectivity index (χ1) is 6.58. The van der Waals surface area contributed by atoms with Gasteiger partial charge in [-0.3, -0.25) is 4.79 Å². The van der Waals surface area contributed by atoms with Gasteiger partial charge in [0.25, 0.3) is 0 Å². The van der Waals surface area contributed by atoms with E-state index in [-0.39, 0.29) is 17.7 Å². The van der Waals surface area contributed by atoms with Gasteiger partial charge in [0.2, 0.25) is 5.91 Å². The number of carbonyl (C=O) groups is 1. The summed E-state index contributed by atoms with van der Waals surface area (Å²) in [6.07, 6.45) is 0.804. The number of primary amides is 1. The smallest absolute Gasteiger partial charge is 0.221 e. The van der Waals surface area contributed by atoms with Crippen molar-refractivity contribution in [3.63, 3.8) is 0 Å². The first-order valence-electron chi connectivity index (χ1n) is 4.69. The highest BCUT2D eigenvalue weighted by atomic mass is 16.1. The van der Waals surface area contributed by atoms with Crippen molar-refractivity contribution in [2.75, 3.05) is 0 Å². The van der Waals surface area contributed by atoms with Crippen molar-refractivity contribution in [2.24, 2.45) is 11.7 Å². The van der Waals surface area contributed by atoms with Crippen molar-refractivity contribution in [2.45, 2.75) is 26.2 Å². The van der Waals surface area contributed by atoms with Crippen molar-refractivity contribution >= 4 is 5.91 Å². The van der Waals surface area contributed by atoms with E-state index in [0.717, 1.165) is 23.6 Å². The normalized spacial score (nSPS) is 24.7. The Bertz CT molecular complexity index is 369. The largest absolute Gasteiger partial charge is 0.369 e. The predicted octanol–water partition coefficient (Wildman–Crippen LogP) is 0.682. The average molecular weight is 191 g/mol. The van der Waals surface area contributed by atoms with Crippen LogP contribution in [0.3, 0.4) is 0 Å². The fourth-order valence-corrected chi connectivity index (χ4v) is 1.71. The van der Waals surface area contributed by atoms with Gasteiger partial charge in [-0.2, -0.15) is 0 Å². The Hall–Kier alpha value is -1.45. The summed E-state index contributed by atoms with van der Waals surface area (Å²) in [5.41, 5.74) is 7.10. The highest BCUT2D eigenvalue weighted by molar-refractivity contribution is 5.80. The molecule has 4 heteroatoms. The number of amides is 1. The van der Waals surface area contributed by atoms with Gasteiger partial charge in [0.05, 0.1) is 0 Å². The molecule has 1 aliphatic rings. The number of nitrogens with zero attached hydrogens (tertiary/aromatic N) is 2. The molecule has 1 aromatic rings. The molecule has 74 valence electrons. The van der Waals surface area contributed by atoms with E-state index >= 15 is 0 Å². The Balaban J connectivity index is 2.23. The van der Waals surface area contributed by atoms with Gasteiger partial charge in [0, 0.05) is 23.2 Å². The molecule has 0 unspecified atom stereocenters. The molecule has 1 aromatic heterocycles. The Morgan fingerprint density at radius 2 is 2.00 bits per heavy atom. The molecule has 0 aliphatic heterocycles. The van der Waals surface area contributed by atoms with Crippen LogP contribution in [0, 0.1) is 19.8 Å². The maximum absolute atomic E-state index is 10.9. The molecule has 0 aromatic carbocycles. The van der Waals surface area contributed by atoms with Crippen LogP contribution in [0.4, 0.5) is 0 Å². The van der Waals surface area contributed by atoms with Crippen LogP contribution < -0.4 is 5.73 Å². The van der Waals surface area contributed by atoms with Crippen LogP contribution in [0.25, 0.3) is 0 Å². The van der Waals surface area contributed by atoms with E-state index in [1.54, 1.807) is 0 Å². The van der Waals surface area contributed by atoms with Crippen molar-refractivity contribution in [3.8, 4) is 0 Å². The predicted molar refractivity (Wildman–Crippen MR) is 51.5 cm³/mol. The molecule has 1 saturated carbocycles. The fraction of sp³-hybridized carbons (Fsp3) is 0.500. The average Bonchev–Trinajstić information content (AvgIpc) is 2.79. The zero-order chi connectivity index (χ0) is 10.3. The summed E-state index contributed by atoms with van der Waals surface area (Å²) in [5.74, 6) is 0.645. The van der Waals surface area contributed by atoms with Crippen LogP contribution in [0.15, 0.2) is 6.07 Å². The van der Waals surface area contributed by atoms with Gasteiger partial charge in [-0.25, -0.2) is 9.97 Å². The standard InChI is InChI=1S/C10H13N3O/c1-5-3-6(2)13-10(12-5)8-4-7(8)9(11)14/h3,7-8H,4H2,1-2H3,(H2,11,14)/t7-,8-/m0/s1. The van der Waals surface area contributed by atoms with Crippen LogP contribution >= 0.6 is 0 Å². The molecule has 2 atom stereocenters. The van der Waals surface area contributed by atoms with E-state index in [4.69, 9.17) is 5.73 Å². The van der Waals surface area contributed by atoms with E-state index in [2.05, 4.69) is 9.97 Å². The molecule has 0 bridgehead atoms. The second kappa shape index (κ2) is 3.04. The zero-order valence-electron chi connectivity index (χ0n) is 8.32. The molecule has 0 radical (unpaired) electrons. The number of aromatic nitrogens is 2. The molecular formula is C10H13N3O. The summed E-state index contributed by atoms with van der Waals surface area (Å²) in [4.78, 5) is 19.5. The molecular weight excluding hydrogens is 178 g/mol. The lowest BCUT2D eigenvalue weighted by molar-refractivity contribution is -0.119.